The second-order valence-corrected chi connectivity index (χ2v) is 10.1. The van der Waals surface area contributed by atoms with Crippen molar-refractivity contribution in [3.8, 4) is 11.5 Å². The van der Waals surface area contributed by atoms with Crippen LogP contribution in [0.2, 0.25) is 0 Å². The summed E-state index contributed by atoms with van der Waals surface area (Å²) >= 11 is 0. The summed E-state index contributed by atoms with van der Waals surface area (Å²) in [5, 5.41) is 12.6. The highest BCUT2D eigenvalue weighted by Gasteiger charge is 2.43. The Morgan fingerprint density at radius 1 is 0.857 bits per heavy atom. The Labute approximate surface area is 205 Å². The van der Waals surface area contributed by atoms with Crippen LogP contribution in [0.25, 0.3) is 0 Å². The van der Waals surface area contributed by atoms with Gasteiger partial charge in [0.25, 0.3) is 5.72 Å². The van der Waals surface area contributed by atoms with E-state index in [0.29, 0.717) is 0 Å². The first-order valence-corrected chi connectivity index (χ1v) is 11.0. The summed E-state index contributed by atoms with van der Waals surface area (Å²) in [4.78, 5) is 48.3. The molecule has 0 amide bonds. The first-order chi connectivity index (χ1) is 15.8. The molecular weight excluding hydrogens is 462 g/mol. The summed E-state index contributed by atoms with van der Waals surface area (Å²) in [6.45, 7) is 14.3. The molecule has 2 N–H and O–H groups in total. The SMILES string of the molecule is CC(=O)O[C@](Cc1ccc(OC(=O)OC(C)(C)C)c(OC(=O)OC(C)(C)C)c1)(NC(C)C)C(=O)O. The third-order valence-electron chi connectivity index (χ3n) is 3.81. The predicted octanol–water partition coefficient (Wildman–Crippen LogP) is 4.20. The zero-order valence-corrected chi connectivity index (χ0v) is 21.6. The molecule has 11 nitrogen and oxygen atoms in total. The molecule has 0 heterocycles. The molecule has 35 heavy (non-hydrogen) atoms. The van der Waals surface area contributed by atoms with Gasteiger partial charge in [0.1, 0.15) is 11.2 Å². The largest absolute Gasteiger partial charge is 0.514 e. The quantitative estimate of drug-likeness (QED) is 0.230. The van der Waals surface area contributed by atoms with E-state index >= 15 is 0 Å². The van der Waals surface area contributed by atoms with Gasteiger partial charge in [-0.15, -0.1) is 0 Å². The minimum Gasteiger partial charge on any atom is -0.477 e. The van der Waals surface area contributed by atoms with Gasteiger partial charge in [-0.05, 0) is 73.1 Å². The first kappa shape index (κ1) is 29.7. The molecule has 0 aromatic heterocycles. The Bertz CT molecular complexity index is 943. The molecule has 0 aliphatic heterocycles. The normalized spacial score (nSPS) is 13.4. The number of esters is 1. The standard InChI is InChI=1S/C24H35NO10/c1-14(2)25-24(19(27)28,33-15(3)26)13-16-10-11-17(31-20(29)34-22(4,5)6)18(12-16)32-21(30)35-23(7,8)9/h10-12,14,25H,13H2,1-9H3,(H,27,28)/t24-/m0/s1. The van der Waals surface area contributed by atoms with E-state index in [2.05, 4.69) is 5.32 Å². The topological polar surface area (TPSA) is 147 Å². The Hall–Kier alpha value is -3.34. The fraction of sp³-hybridized carbons (Fsp3) is 0.583. The van der Waals surface area contributed by atoms with E-state index in [9.17, 15) is 24.3 Å². The van der Waals surface area contributed by atoms with Crippen molar-refractivity contribution < 1.29 is 48.0 Å². The number of carbonyl (C=O) groups is 4. The van der Waals surface area contributed by atoms with E-state index in [1.165, 1.54) is 18.2 Å². The molecule has 1 aromatic carbocycles. The number of hydrogen-bond donors (Lipinski definition) is 2. The molecule has 196 valence electrons. The lowest BCUT2D eigenvalue weighted by Gasteiger charge is -2.32. The highest BCUT2D eigenvalue weighted by molar-refractivity contribution is 5.81. The molecule has 1 atom stereocenters. The number of benzene rings is 1. The van der Waals surface area contributed by atoms with Crippen molar-refractivity contribution in [2.75, 3.05) is 0 Å². The van der Waals surface area contributed by atoms with Crippen molar-refractivity contribution in [1.82, 2.24) is 5.32 Å². The van der Waals surface area contributed by atoms with Crippen molar-refractivity contribution in [2.45, 2.75) is 91.7 Å². The minimum atomic E-state index is -2.10. The molecular formula is C24H35NO10. The zero-order chi connectivity index (χ0) is 27.2. The van der Waals surface area contributed by atoms with Crippen LogP contribution in [0.4, 0.5) is 9.59 Å². The monoisotopic (exact) mass is 497 g/mol. The lowest BCUT2D eigenvalue weighted by Crippen LogP contribution is -2.59. The summed E-state index contributed by atoms with van der Waals surface area (Å²) in [6.07, 6.45) is -2.45. The number of nitrogens with one attached hydrogen (secondary N) is 1. The fourth-order valence-corrected chi connectivity index (χ4v) is 2.84. The molecule has 0 spiro atoms. The van der Waals surface area contributed by atoms with Gasteiger partial charge in [0, 0.05) is 19.4 Å². The number of hydrogen-bond acceptors (Lipinski definition) is 10. The maximum Gasteiger partial charge on any atom is 0.514 e. The lowest BCUT2D eigenvalue weighted by molar-refractivity contribution is -0.182. The third-order valence-corrected chi connectivity index (χ3v) is 3.81. The van der Waals surface area contributed by atoms with E-state index in [1.54, 1.807) is 55.4 Å². The predicted molar refractivity (Wildman–Crippen MR) is 124 cm³/mol. The molecule has 1 aromatic rings. The fourth-order valence-electron chi connectivity index (χ4n) is 2.84. The van der Waals surface area contributed by atoms with E-state index < -0.39 is 41.2 Å². The Morgan fingerprint density at radius 2 is 1.34 bits per heavy atom. The van der Waals surface area contributed by atoms with Gasteiger partial charge in [0.2, 0.25) is 0 Å². The van der Waals surface area contributed by atoms with Crippen LogP contribution >= 0.6 is 0 Å². The maximum absolute atomic E-state index is 12.3. The summed E-state index contributed by atoms with van der Waals surface area (Å²) in [7, 11) is 0. The van der Waals surface area contributed by atoms with Crippen LogP contribution in [-0.4, -0.2) is 52.3 Å². The summed E-state index contributed by atoms with van der Waals surface area (Å²) in [5.41, 5.74) is -3.51. The average molecular weight is 498 g/mol. The van der Waals surface area contributed by atoms with Crippen LogP contribution in [0.5, 0.6) is 11.5 Å². The van der Waals surface area contributed by atoms with Crippen LogP contribution in [0.1, 0.15) is 67.9 Å². The van der Waals surface area contributed by atoms with Crippen LogP contribution in [0.15, 0.2) is 18.2 Å². The first-order valence-electron chi connectivity index (χ1n) is 11.0. The van der Waals surface area contributed by atoms with Crippen LogP contribution in [0, 0.1) is 0 Å². The van der Waals surface area contributed by atoms with Gasteiger partial charge >= 0.3 is 24.2 Å². The van der Waals surface area contributed by atoms with Crippen LogP contribution in [-0.2, 0) is 30.2 Å². The minimum absolute atomic E-state index is 0.168. The van der Waals surface area contributed by atoms with Gasteiger partial charge in [0.05, 0.1) is 0 Å². The second kappa shape index (κ2) is 11.4. The Morgan fingerprint density at radius 3 is 1.74 bits per heavy atom. The molecule has 0 aliphatic rings. The van der Waals surface area contributed by atoms with Crippen molar-refractivity contribution in [1.29, 1.82) is 0 Å². The lowest BCUT2D eigenvalue weighted by atomic mass is 10.0. The van der Waals surface area contributed by atoms with E-state index in [-0.39, 0.29) is 29.5 Å². The Balaban J connectivity index is 3.42. The molecule has 11 heteroatoms. The summed E-state index contributed by atoms with van der Waals surface area (Å²) in [5.74, 6) is -2.63. The van der Waals surface area contributed by atoms with Gasteiger partial charge in [-0.1, -0.05) is 6.07 Å². The van der Waals surface area contributed by atoms with Crippen molar-refractivity contribution in [3.63, 3.8) is 0 Å². The molecule has 1 rings (SSSR count). The molecule has 0 bridgehead atoms. The number of carboxylic acids is 1. The molecule has 0 radical (unpaired) electrons. The Kier molecular flexibility index (Phi) is 9.66. The van der Waals surface area contributed by atoms with E-state index in [4.69, 9.17) is 23.7 Å². The number of carboxylic acid groups (broad SMARTS) is 1. The number of aliphatic carboxylic acids is 1. The van der Waals surface area contributed by atoms with Gasteiger partial charge in [0.15, 0.2) is 11.5 Å². The van der Waals surface area contributed by atoms with E-state index in [1.807, 2.05) is 0 Å². The highest BCUT2D eigenvalue weighted by Crippen LogP contribution is 2.32. The number of ether oxygens (including phenoxy) is 5. The smallest absolute Gasteiger partial charge is 0.477 e. The molecule has 0 unspecified atom stereocenters. The van der Waals surface area contributed by atoms with Gasteiger partial charge in [-0.3, -0.25) is 10.1 Å². The van der Waals surface area contributed by atoms with Crippen LogP contribution in [0.3, 0.4) is 0 Å². The molecule has 0 aliphatic carbocycles. The molecule has 0 saturated heterocycles. The summed E-state index contributed by atoms with van der Waals surface area (Å²) < 4.78 is 25.9. The van der Waals surface area contributed by atoms with Gasteiger partial charge in [-0.2, -0.15) is 0 Å². The molecule has 0 fully saturated rings. The molecule has 0 saturated carbocycles. The van der Waals surface area contributed by atoms with Crippen molar-refractivity contribution in [3.05, 3.63) is 23.8 Å². The number of rotatable bonds is 8. The van der Waals surface area contributed by atoms with Crippen molar-refractivity contribution in [2.24, 2.45) is 0 Å². The third kappa shape index (κ3) is 10.6. The summed E-state index contributed by atoms with van der Waals surface area (Å²) in [6, 6.07) is 3.66. The second-order valence-electron chi connectivity index (χ2n) is 10.1. The van der Waals surface area contributed by atoms with Gasteiger partial charge in [-0.25, -0.2) is 14.4 Å². The van der Waals surface area contributed by atoms with Crippen molar-refractivity contribution >= 4 is 24.2 Å². The zero-order valence-electron chi connectivity index (χ0n) is 21.6. The average Bonchev–Trinajstić information content (AvgIpc) is 2.59. The van der Waals surface area contributed by atoms with Gasteiger partial charge < -0.3 is 28.8 Å². The maximum atomic E-state index is 12.3. The highest BCUT2D eigenvalue weighted by atomic mass is 16.8. The van der Waals surface area contributed by atoms with Crippen LogP contribution < -0.4 is 14.8 Å². The number of carbonyl (C=O) groups excluding carboxylic acids is 3. The van der Waals surface area contributed by atoms with E-state index in [0.717, 1.165) is 6.92 Å².